The summed E-state index contributed by atoms with van der Waals surface area (Å²) in [6.45, 7) is 10.0. The molecule has 7 nitrogen and oxygen atoms in total. The summed E-state index contributed by atoms with van der Waals surface area (Å²) in [5.41, 5.74) is 0.895. The van der Waals surface area contributed by atoms with Crippen molar-refractivity contribution in [3.8, 4) is 6.01 Å². The molecule has 0 amide bonds. The molecule has 0 atom stereocenters. The predicted molar refractivity (Wildman–Crippen MR) is 87.4 cm³/mol. The van der Waals surface area contributed by atoms with Gasteiger partial charge in [-0.25, -0.2) is 4.79 Å². The van der Waals surface area contributed by atoms with Crippen LogP contribution < -0.4 is 4.74 Å². The van der Waals surface area contributed by atoms with Crippen LogP contribution in [0.15, 0.2) is 18.2 Å². The minimum atomic E-state index is -1.13. The second-order valence-electron chi connectivity index (χ2n) is 6.78. The number of rotatable bonds is 3. The molecule has 0 unspecified atom stereocenters. The maximum absolute atomic E-state index is 11.5. The molecule has 1 aliphatic heterocycles. The highest BCUT2D eigenvalue weighted by Crippen LogP contribution is 2.45. The van der Waals surface area contributed by atoms with E-state index < -0.39 is 23.6 Å². The summed E-state index contributed by atoms with van der Waals surface area (Å²) >= 11 is 0. The maximum Gasteiger partial charge on any atom is 0.420 e. The van der Waals surface area contributed by atoms with Crippen LogP contribution in [0.3, 0.4) is 0 Å². The number of carbonyl (C=O) groups is 1. The van der Waals surface area contributed by atoms with Crippen molar-refractivity contribution in [1.82, 2.24) is 9.55 Å². The Kier molecular flexibility index (Phi) is 3.80. The SMILES string of the molecule is CCOc1nc2cc(C3OC(C)(C)C(C)(C)O3)ccc2n1C(=O)O. The smallest absolute Gasteiger partial charge is 0.420 e. The standard InChI is InChI=1S/C17H22N2O5/c1-6-22-14-18-11-9-10(7-8-12(11)19(14)15(20)21)13-23-16(2,3)17(4,5)24-13/h7-9,13H,6H2,1-5H3,(H,20,21). The minimum absolute atomic E-state index is 0.0612. The quantitative estimate of drug-likeness (QED) is 0.924. The Morgan fingerprint density at radius 3 is 2.46 bits per heavy atom. The molecular weight excluding hydrogens is 312 g/mol. The van der Waals surface area contributed by atoms with Crippen LogP contribution in [0.25, 0.3) is 11.0 Å². The van der Waals surface area contributed by atoms with E-state index in [-0.39, 0.29) is 6.01 Å². The van der Waals surface area contributed by atoms with Gasteiger partial charge in [0.1, 0.15) is 0 Å². The maximum atomic E-state index is 11.5. The van der Waals surface area contributed by atoms with E-state index in [1.807, 2.05) is 27.7 Å². The van der Waals surface area contributed by atoms with Crippen molar-refractivity contribution in [1.29, 1.82) is 0 Å². The Morgan fingerprint density at radius 1 is 1.29 bits per heavy atom. The second-order valence-corrected chi connectivity index (χ2v) is 6.78. The van der Waals surface area contributed by atoms with Crippen molar-refractivity contribution in [3.05, 3.63) is 23.8 Å². The summed E-state index contributed by atoms with van der Waals surface area (Å²) in [6.07, 6.45) is -1.66. The first-order chi connectivity index (χ1) is 11.2. The third-order valence-electron chi connectivity index (χ3n) is 4.64. The molecule has 1 fully saturated rings. The van der Waals surface area contributed by atoms with Crippen LogP contribution in [0.2, 0.25) is 0 Å². The van der Waals surface area contributed by atoms with E-state index in [0.29, 0.717) is 17.6 Å². The van der Waals surface area contributed by atoms with Crippen molar-refractivity contribution < 1.29 is 24.1 Å². The fraction of sp³-hybridized carbons (Fsp3) is 0.529. The molecule has 2 heterocycles. The van der Waals surface area contributed by atoms with E-state index >= 15 is 0 Å². The van der Waals surface area contributed by atoms with E-state index in [1.54, 1.807) is 25.1 Å². The molecule has 1 saturated heterocycles. The van der Waals surface area contributed by atoms with Crippen molar-refractivity contribution >= 4 is 17.1 Å². The van der Waals surface area contributed by atoms with Crippen LogP contribution in [0.1, 0.15) is 46.5 Å². The van der Waals surface area contributed by atoms with Gasteiger partial charge in [0.15, 0.2) is 6.29 Å². The van der Waals surface area contributed by atoms with Crippen LogP contribution in [-0.2, 0) is 9.47 Å². The highest BCUT2D eigenvalue weighted by atomic mass is 16.7. The lowest BCUT2D eigenvalue weighted by Gasteiger charge is -2.30. The van der Waals surface area contributed by atoms with Crippen molar-refractivity contribution in [2.24, 2.45) is 0 Å². The molecule has 0 radical (unpaired) electrons. The summed E-state index contributed by atoms with van der Waals surface area (Å²) < 4.78 is 18.4. The van der Waals surface area contributed by atoms with Gasteiger partial charge in [-0.05, 0) is 46.8 Å². The molecule has 7 heteroatoms. The molecule has 0 aliphatic carbocycles. The molecule has 3 rings (SSSR count). The van der Waals surface area contributed by atoms with Gasteiger partial charge in [0.25, 0.3) is 0 Å². The number of ether oxygens (including phenoxy) is 3. The molecule has 2 aromatic rings. The molecule has 0 saturated carbocycles. The summed E-state index contributed by atoms with van der Waals surface area (Å²) in [5.74, 6) is 0. The first-order valence-electron chi connectivity index (χ1n) is 7.90. The predicted octanol–water partition coefficient (Wildman–Crippen LogP) is 3.56. The van der Waals surface area contributed by atoms with Gasteiger partial charge in [-0.15, -0.1) is 0 Å². The van der Waals surface area contributed by atoms with Crippen LogP contribution in [0.4, 0.5) is 4.79 Å². The lowest BCUT2D eigenvalue weighted by molar-refractivity contribution is -0.0895. The van der Waals surface area contributed by atoms with Gasteiger partial charge >= 0.3 is 12.1 Å². The van der Waals surface area contributed by atoms with Gasteiger partial charge in [-0.1, -0.05) is 6.07 Å². The molecule has 1 aromatic carbocycles. The zero-order valence-electron chi connectivity index (χ0n) is 14.5. The number of nitrogens with zero attached hydrogens (tertiary/aromatic N) is 2. The van der Waals surface area contributed by atoms with Crippen molar-refractivity contribution in [2.75, 3.05) is 6.61 Å². The Balaban J connectivity index is 2.03. The van der Waals surface area contributed by atoms with Crippen LogP contribution in [0, 0.1) is 0 Å². The van der Waals surface area contributed by atoms with Crippen LogP contribution in [0.5, 0.6) is 6.01 Å². The Morgan fingerprint density at radius 2 is 1.92 bits per heavy atom. The molecule has 0 spiro atoms. The monoisotopic (exact) mass is 334 g/mol. The first-order valence-corrected chi connectivity index (χ1v) is 7.90. The summed E-state index contributed by atoms with van der Waals surface area (Å²) in [4.78, 5) is 15.8. The molecule has 1 aromatic heterocycles. The molecule has 1 N–H and O–H groups in total. The lowest BCUT2D eigenvalue weighted by Crippen LogP contribution is -2.41. The topological polar surface area (TPSA) is 82.8 Å². The minimum Gasteiger partial charge on any atom is -0.465 e. The van der Waals surface area contributed by atoms with Gasteiger partial charge in [-0.2, -0.15) is 9.55 Å². The zero-order valence-corrected chi connectivity index (χ0v) is 14.5. The summed E-state index contributed by atoms with van der Waals surface area (Å²) in [6, 6.07) is 5.33. The first kappa shape index (κ1) is 16.7. The van der Waals surface area contributed by atoms with Gasteiger partial charge in [-0.3, -0.25) is 0 Å². The van der Waals surface area contributed by atoms with Gasteiger partial charge < -0.3 is 19.3 Å². The van der Waals surface area contributed by atoms with Crippen LogP contribution in [-0.4, -0.2) is 38.6 Å². The fourth-order valence-electron chi connectivity index (χ4n) is 2.61. The highest BCUT2D eigenvalue weighted by Gasteiger charge is 2.49. The van der Waals surface area contributed by atoms with E-state index in [2.05, 4.69) is 4.98 Å². The van der Waals surface area contributed by atoms with E-state index in [9.17, 15) is 9.90 Å². The Bertz CT molecular complexity index is 778. The second kappa shape index (κ2) is 5.46. The molecule has 130 valence electrons. The van der Waals surface area contributed by atoms with Gasteiger partial charge in [0.2, 0.25) is 0 Å². The zero-order chi connectivity index (χ0) is 17.7. The lowest BCUT2D eigenvalue weighted by atomic mass is 9.90. The summed E-state index contributed by atoms with van der Waals surface area (Å²) in [5, 5.41) is 9.39. The Hall–Kier alpha value is -2.12. The molecular formula is C17H22N2O5. The molecule has 1 aliphatic rings. The average molecular weight is 334 g/mol. The number of hydrogen-bond donors (Lipinski definition) is 1. The number of aromatic nitrogens is 2. The molecule has 0 bridgehead atoms. The van der Waals surface area contributed by atoms with E-state index in [1.165, 1.54) is 0 Å². The normalized spacial score (nSPS) is 19.7. The van der Waals surface area contributed by atoms with Crippen molar-refractivity contribution in [3.63, 3.8) is 0 Å². The van der Waals surface area contributed by atoms with E-state index in [4.69, 9.17) is 14.2 Å². The third-order valence-corrected chi connectivity index (χ3v) is 4.64. The highest BCUT2D eigenvalue weighted by molar-refractivity contribution is 5.88. The van der Waals surface area contributed by atoms with Gasteiger partial charge in [0, 0.05) is 5.56 Å². The molecule has 24 heavy (non-hydrogen) atoms. The third kappa shape index (κ3) is 2.53. The number of imidazole rings is 1. The Labute approximate surface area is 140 Å². The van der Waals surface area contributed by atoms with Crippen molar-refractivity contribution in [2.45, 2.75) is 52.1 Å². The van der Waals surface area contributed by atoms with Crippen LogP contribution >= 0.6 is 0 Å². The number of fused-ring (bicyclic) bond motifs is 1. The fourth-order valence-corrected chi connectivity index (χ4v) is 2.61. The van der Waals surface area contributed by atoms with E-state index in [0.717, 1.165) is 10.1 Å². The number of hydrogen-bond acceptors (Lipinski definition) is 5. The van der Waals surface area contributed by atoms with Gasteiger partial charge in [0.05, 0.1) is 28.8 Å². The number of carboxylic acid groups (broad SMARTS) is 1. The summed E-state index contributed by atoms with van der Waals surface area (Å²) in [7, 11) is 0. The largest absolute Gasteiger partial charge is 0.465 e. The average Bonchev–Trinajstić information content (AvgIpc) is 2.92. The number of benzene rings is 1.